The molecule has 0 saturated heterocycles. The summed E-state index contributed by atoms with van der Waals surface area (Å²) in [6, 6.07) is 17.8. The fraction of sp³-hybridized carbons (Fsp3) is 0.368. The Morgan fingerprint density at radius 2 is 1.65 bits per heavy atom. The minimum absolute atomic E-state index is 0.390. The van der Waals surface area contributed by atoms with Crippen molar-refractivity contribution in [2.24, 2.45) is 0 Å². The number of hydrogen-bond donors (Lipinski definition) is 1. The zero-order chi connectivity index (χ0) is 14.5. The fourth-order valence-electron chi connectivity index (χ4n) is 2.59. The van der Waals surface area contributed by atoms with Gasteiger partial charge < -0.3 is 5.32 Å². The molecule has 2 aromatic rings. The molecule has 0 aliphatic carbocycles. The van der Waals surface area contributed by atoms with E-state index in [9.17, 15) is 0 Å². The average Bonchev–Trinajstić information content (AvgIpc) is 2.47. The molecule has 1 N–H and O–H groups in total. The topological polar surface area (TPSA) is 12.0 Å². The van der Waals surface area contributed by atoms with E-state index in [0.29, 0.717) is 12.0 Å². The fourth-order valence-corrected chi connectivity index (χ4v) is 2.59. The second-order valence-corrected chi connectivity index (χ2v) is 5.80. The molecule has 0 heterocycles. The number of hydrogen-bond acceptors (Lipinski definition) is 1. The maximum atomic E-state index is 3.67. The van der Waals surface area contributed by atoms with Gasteiger partial charge in [0, 0.05) is 12.6 Å². The van der Waals surface area contributed by atoms with Crippen molar-refractivity contribution in [2.75, 3.05) is 6.54 Å². The lowest BCUT2D eigenvalue weighted by atomic mass is 9.98. The van der Waals surface area contributed by atoms with Crippen molar-refractivity contribution in [1.29, 1.82) is 0 Å². The van der Waals surface area contributed by atoms with Crippen molar-refractivity contribution in [2.45, 2.75) is 39.7 Å². The number of rotatable bonds is 5. The monoisotopic (exact) mass is 267 g/mol. The molecule has 2 atom stereocenters. The molecule has 0 aromatic heterocycles. The second kappa shape index (κ2) is 6.71. The highest BCUT2D eigenvalue weighted by Gasteiger charge is 2.11. The summed E-state index contributed by atoms with van der Waals surface area (Å²) >= 11 is 0. The lowest BCUT2D eigenvalue weighted by Crippen LogP contribution is -2.24. The third-order valence-corrected chi connectivity index (χ3v) is 4.00. The largest absolute Gasteiger partial charge is 0.310 e. The standard InChI is InChI=1S/C19H25N/c1-14-10-11-15(2)19(12-14)17(4)20-13-16(3)18-8-6-5-7-9-18/h5-12,16-17,20H,13H2,1-4H3. The first-order valence-electron chi connectivity index (χ1n) is 7.43. The lowest BCUT2D eigenvalue weighted by molar-refractivity contribution is 0.535. The van der Waals surface area contributed by atoms with Crippen LogP contribution in [-0.2, 0) is 0 Å². The van der Waals surface area contributed by atoms with E-state index in [2.05, 4.69) is 81.5 Å². The third-order valence-electron chi connectivity index (χ3n) is 4.00. The van der Waals surface area contributed by atoms with E-state index in [0.717, 1.165) is 6.54 Å². The van der Waals surface area contributed by atoms with Gasteiger partial charge in [-0.25, -0.2) is 0 Å². The lowest BCUT2D eigenvalue weighted by Gasteiger charge is -2.20. The van der Waals surface area contributed by atoms with E-state index in [1.54, 1.807) is 0 Å². The molecule has 0 amide bonds. The van der Waals surface area contributed by atoms with Crippen LogP contribution in [0.25, 0.3) is 0 Å². The summed E-state index contributed by atoms with van der Waals surface area (Å²) in [7, 11) is 0. The normalized spacial score (nSPS) is 14.0. The first-order chi connectivity index (χ1) is 9.58. The van der Waals surface area contributed by atoms with E-state index in [1.165, 1.54) is 22.3 Å². The molecule has 0 aliphatic heterocycles. The molecule has 0 bridgehead atoms. The van der Waals surface area contributed by atoms with E-state index < -0.39 is 0 Å². The molecule has 1 nitrogen and oxygen atoms in total. The van der Waals surface area contributed by atoms with Crippen molar-refractivity contribution in [3.8, 4) is 0 Å². The van der Waals surface area contributed by atoms with Crippen molar-refractivity contribution in [3.63, 3.8) is 0 Å². The van der Waals surface area contributed by atoms with E-state index in [-0.39, 0.29) is 0 Å². The zero-order valence-corrected chi connectivity index (χ0v) is 13.0. The van der Waals surface area contributed by atoms with E-state index >= 15 is 0 Å². The summed E-state index contributed by atoms with van der Waals surface area (Å²) in [6.45, 7) is 9.87. The summed E-state index contributed by atoms with van der Waals surface area (Å²) < 4.78 is 0. The van der Waals surface area contributed by atoms with Gasteiger partial charge in [-0.3, -0.25) is 0 Å². The molecule has 20 heavy (non-hydrogen) atoms. The number of benzene rings is 2. The Morgan fingerprint density at radius 3 is 2.35 bits per heavy atom. The van der Waals surface area contributed by atoms with Crippen molar-refractivity contribution < 1.29 is 0 Å². The van der Waals surface area contributed by atoms with Crippen molar-refractivity contribution in [3.05, 3.63) is 70.8 Å². The molecule has 0 fully saturated rings. The van der Waals surface area contributed by atoms with Crippen LogP contribution in [0.15, 0.2) is 48.5 Å². The maximum absolute atomic E-state index is 3.67. The first-order valence-corrected chi connectivity index (χ1v) is 7.43. The van der Waals surface area contributed by atoms with E-state index in [4.69, 9.17) is 0 Å². The van der Waals surface area contributed by atoms with Gasteiger partial charge in [-0.15, -0.1) is 0 Å². The Hall–Kier alpha value is -1.60. The molecule has 0 saturated carbocycles. The van der Waals surface area contributed by atoms with Crippen LogP contribution in [0.3, 0.4) is 0 Å². The molecular weight excluding hydrogens is 242 g/mol. The van der Waals surface area contributed by atoms with Crippen LogP contribution < -0.4 is 5.32 Å². The van der Waals surface area contributed by atoms with Crippen molar-refractivity contribution in [1.82, 2.24) is 5.32 Å². The minimum atomic E-state index is 0.390. The van der Waals surface area contributed by atoms with Gasteiger partial charge in [0.25, 0.3) is 0 Å². The van der Waals surface area contributed by atoms with Crippen LogP contribution in [-0.4, -0.2) is 6.54 Å². The molecule has 0 spiro atoms. The van der Waals surface area contributed by atoms with Gasteiger partial charge in [0.05, 0.1) is 0 Å². The minimum Gasteiger partial charge on any atom is -0.310 e. The third kappa shape index (κ3) is 3.71. The molecular formula is C19H25N. The summed E-state index contributed by atoms with van der Waals surface area (Å²) in [5.74, 6) is 0.531. The quantitative estimate of drug-likeness (QED) is 0.823. The Labute approximate surface area is 123 Å². The summed E-state index contributed by atoms with van der Waals surface area (Å²) in [5.41, 5.74) is 5.50. The van der Waals surface area contributed by atoms with Gasteiger partial charge >= 0.3 is 0 Å². The van der Waals surface area contributed by atoms with Crippen LogP contribution >= 0.6 is 0 Å². The smallest absolute Gasteiger partial charge is 0.0294 e. The van der Waals surface area contributed by atoms with Gasteiger partial charge in [0.2, 0.25) is 0 Å². The SMILES string of the molecule is Cc1ccc(C)c(C(C)NCC(C)c2ccccc2)c1. The molecule has 0 radical (unpaired) electrons. The van der Waals surface area contributed by atoms with E-state index in [1.807, 2.05) is 0 Å². The van der Waals surface area contributed by atoms with Gasteiger partial charge in [0.1, 0.15) is 0 Å². The van der Waals surface area contributed by atoms with Crippen LogP contribution in [0.4, 0.5) is 0 Å². The van der Waals surface area contributed by atoms with Crippen LogP contribution in [0.2, 0.25) is 0 Å². The molecule has 0 aliphatic rings. The average molecular weight is 267 g/mol. The highest BCUT2D eigenvalue weighted by atomic mass is 14.9. The highest BCUT2D eigenvalue weighted by Crippen LogP contribution is 2.20. The van der Waals surface area contributed by atoms with Gasteiger partial charge in [0.15, 0.2) is 0 Å². The second-order valence-electron chi connectivity index (χ2n) is 5.80. The Balaban J connectivity index is 1.98. The highest BCUT2D eigenvalue weighted by molar-refractivity contribution is 5.32. The van der Waals surface area contributed by atoms with Gasteiger partial charge in [-0.2, -0.15) is 0 Å². The Bertz CT molecular complexity index is 545. The zero-order valence-electron chi connectivity index (χ0n) is 13.0. The maximum Gasteiger partial charge on any atom is 0.0294 e. The Kier molecular flexibility index (Phi) is 4.97. The molecule has 2 unspecified atom stereocenters. The van der Waals surface area contributed by atoms with Crippen LogP contribution in [0, 0.1) is 13.8 Å². The molecule has 106 valence electrons. The number of nitrogens with one attached hydrogen (secondary N) is 1. The predicted octanol–water partition coefficient (Wildman–Crippen LogP) is 4.76. The van der Waals surface area contributed by atoms with Crippen LogP contribution in [0.1, 0.15) is 48.1 Å². The Morgan fingerprint density at radius 1 is 0.950 bits per heavy atom. The predicted molar refractivity (Wildman–Crippen MR) is 87.2 cm³/mol. The number of aryl methyl sites for hydroxylation is 2. The molecule has 1 heteroatoms. The van der Waals surface area contributed by atoms with Crippen LogP contribution in [0.5, 0.6) is 0 Å². The summed E-state index contributed by atoms with van der Waals surface area (Å²) in [6.07, 6.45) is 0. The van der Waals surface area contributed by atoms with Gasteiger partial charge in [-0.05, 0) is 43.4 Å². The van der Waals surface area contributed by atoms with Gasteiger partial charge in [-0.1, -0.05) is 61.0 Å². The summed E-state index contributed by atoms with van der Waals surface area (Å²) in [5, 5.41) is 3.67. The first kappa shape index (κ1) is 14.8. The molecule has 2 aromatic carbocycles. The summed E-state index contributed by atoms with van der Waals surface area (Å²) in [4.78, 5) is 0. The van der Waals surface area contributed by atoms with Crippen molar-refractivity contribution >= 4 is 0 Å². The molecule has 2 rings (SSSR count).